The van der Waals surface area contributed by atoms with Crippen LogP contribution in [0.2, 0.25) is 15.1 Å². The van der Waals surface area contributed by atoms with Crippen LogP contribution in [0.1, 0.15) is 50.2 Å². The molecule has 1 fully saturated rings. The molecule has 1 atom stereocenters. The van der Waals surface area contributed by atoms with E-state index in [4.69, 9.17) is 34.8 Å². The lowest BCUT2D eigenvalue weighted by atomic mass is 9.95. The normalized spacial score (nSPS) is 15.2. The van der Waals surface area contributed by atoms with Gasteiger partial charge in [0, 0.05) is 33.4 Å². The Labute approximate surface area is 215 Å². The zero-order chi connectivity index (χ0) is 23.8. The highest BCUT2D eigenvalue weighted by Crippen LogP contribution is 2.26. The number of rotatable bonds is 9. The molecule has 2 aromatic rings. The van der Waals surface area contributed by atoms with Gasteiger partial charge in [0.2, 0.25) is 11.8 Å². The van der Waals surface area contributed by atoms with E-state index < -0.39 is 6.04 Å². The van der Waals surface area contributed by atoms with E-state index in [2.05, 4.69) is 5.32 Å². The van der Waals surface area contributed by atoms with Crippen LogP contribution >= 0.6 is 46.6 Å². The molecule has 0 spiro atoms. The van der Waals surface area contributed by atoms with Crippen molar-refractivity contribution in [2.75, 3.05) is 5.75 Å². The summed E-state index contributed by atoms with van der Waals surface area (Å²) in [6, 6.07) is 12.3. The monoisotopic (exact) mass is 526 g/mol. The van der Waals surface area contributed by atoms with Gasteiger partial charge < -0.3 is 10.2 Å². The van der Waals surface area contributed by atoms with E-state index in [9.17, 15) is 9.59 Å². The Morgan fingerprint density at radius 3 is 2.45 bits per heavy atom. The molecule has 0 unspecified atom stereocenters. The van der Waals surface area contributed by atoms with Gasteiger partial charge >= 0.3 is 0 Å². The topological polar surface area (TPSA) is 49.4 Å². The molecular weight excluding hydrogens is 499 g/mol. The lowest BCUT2D eigenvalue weighted by Gasteiger charge is -2.31. The van der Waals surface area contributed by atoms with Gasteiger partial charge in [0.15, 0.2) is 0 Å². The summed E-state index contributed by atoms with van der Waals surface area (Å²) >= 11 is 20.0. The van der Waals surface area contributed by atoms with Crippen LogP contribution in [0.3, 0.4) is 0 Å². The fourth-order valence-corrected chi connectivity index (χ4v) is 5.60. The maximum atomic E-state index is 13.3. The number of nitrogens with zero attached hydrogens (tertiary/aromatic N) is 1. The van der Waals surface area contributed by atoms with Gasteiger partial charge in [0.1, 0.15) is 6.04 Å². The predicted octanol–water partition coefficient (Wildman–Crippen LogP) is 6.75. The van der Waals surface area contributed by atoms with Crippen LogP contribution in [0.25, 0.3) is 0 Å². The standard InChI is InChI=1S/C25H29Cl3N2O2S/c1-17(25(32)29-21-8-3-2-4-9-21)30(14-18-7-5-6-10-22(18)27)24(31)16-33-15-19-11-12-20(26)13-23(19)28/h5-7,10-13,17,21H,2-4,8-9,14-16H2,1H3,(H,29,32)/t17-/m1/s1. The Morgan fingerprint density at radius 2 is 1.76 bits per heavy atom. The van der Waals surface area contributed by atoms with Gasteiger partial charge in [-0.15, -0.1) is 11.8 Å². The van der Waals surface area contributed by atoms with Crippen molar-refractivity contribution in [1.82, 2.24) is 10.2 Å². The Kier molecular flexibility index (Phi) is 10.2. The highest BCUT2D eigenvalue weighted by molar-refractivity contribution is 7.99. The smallest absolute Gasteiger partial charge is 0.242 e. The van der Waals surface area contributed by atoms with E-state index in [0.29, 0.717) is 20.8 Å². The third kappa shape index (κ3) is 7.81. The number of amides is 2. The molecule has 178 valence electrons. The van der Waals surface area contributed by atoms with Crippen LogP contribution in [0, 0.1) is 0 Å². The number of hydrogen-bond donors (Lipinski definition) is 1. The number of carbonyl (C=O) groups is 2. The molecule has 0 aromatic heterocycles. The Hall–Kier alpha value is -1.40. The van der Waals surface area contributed by atoms with Gasteiger partial charge in [-0.2, -0.15) is 0 Å². The molecule has 1 N–H and O–H groups in total. The van der Waals surface area contributed by atoms with Crippen molar-refractivity contribution in [2.45, 2.75) is 63.4 Å². The second kappa shape index (κ2) is 12.9. The Bertz CT molecular complexity index is 966. The molecule has 8 heteroatoms. The van der Waals surface area contributed by atoms with E-state index in [1.807, 2.05) is 24.3 Å². The largest absolute Gasteiger partial charge is 0.352 e. The molecule has 2 amide bonds. The van der Waals surface area contributed by atoms with Gasteiger partial charge in [-0.1, -0.05) is 78.3 Å². The molecule has 0 bridgehead atoms. The van der Waals surface area contributed by atoms with Gasteiger partial charge in [0.05, 0.1) is 5.75 Å². The van der Waals surface area contributed by atoms with E-state index in [1.165, 1.54) is 18.2 Å². The maximum Gasteiger partial charge on any atom is 0.242 e. The molecule has 1 aliphatic rings. The summed E-state index contributed by atoms with van der Waals surface area (Å²) in [5.74, 6) is 0.568. The van der Waals surface area contributed by atoms with Crippen LogP contribution in [-0.4, -0.2) is 34.6 Å². The summed E-state index contributed by atoms with van der Waals surface area (Å²) in [7, 11) is 0. The van der Waals surface area contributed by atoms with Gasteiger partial charge in [-0.25, -0.2) is 0 Å². The minimum atomic E-state index is -0.601. The molecule has 4 nitrogen and oxygen atoms in total. The number of nitrogens with one attached hydrogen (secondary N) is 1. The molecule has 0 aliphatic heterocycles. The van der Waals surface area contributed by atoms with Crippen LogP contribution in [0.15, 0.2) is 42.5 Å². The zero-order valence-corrected chi connectivity index (χ0v) is 21.7. The fourth-order valence-electron chi connectivity index (χ4n) is 3.93. The maximum absolute atomic E-state index is 13.3. The quantitative estimate of drug-likeness (QED) is 0.392. The van der Waals surface area contributed by atoms with Gasteiger partial charge in [-0.3, -0.25) is 9.59 Å². The van der Waals surface area contributed by atoms with Crippen molar-refractivity contribution in [3.8, 4) is 0 Å². The Morgan fingerprint density at radius 1 is 1.03 bits per heavy atom. The number of halogens is 3. The Balaban J connectivity index is 1.67. The average Bonchev–Trinajstić information content (AvgIpc) is 2.80. The molecule has 1 aliphatic carbocycles. The molecule has 0 saturated heterocycles. The van der Waals surface area contributed by atoms with Crippen molar-refractivity contribution in [3.63, 3.8) is 0 Å². The van der Waals surface area contributed by atoms with E-state index >= 15 is 0 Å². The minimum Gasteiger partial charge on any atom is -0.352 e. The summed E-state index contributed by atoms with van der Waals surface area (Å²) < 4.78 is 0. The summed E-state index contributed by atoms with van der Waals surface area (Å²) in [5, 5.41) is 4.88. The first-order valence-electron chi connectivity index (χ1n) is 11.2. The summed E-state index contributed by atoms with van der Waals surface area (Å²) in [6.07, 6.45) is 5.47. The predicted molar refractivity (Wildman–Crippen MR) is 139 cm³/mol. The minimum absolute atomic E-state index is 0.115. The first kappa shape index (κ1) is 26.2. The van der Waals surface area contributed by atoms with Crippen molar-refractivity contribution >= 4 is 58.4 Å². The van der Waals surface area contributed by atoms with Crippen molar-refractivity contribution in [2.24, 2.45) is 0 Å². The summed E-state index contributed by atoms with van der Waals surface area (Å²) in [6.45, 7) is 2.06. The molecule has 2 aromatic carbocycles. The number of benzene rings is 2. The SMILES string of the molecule is C[C@H](C(=O)NC1CCCCC1)N(Cc1ccccc1Cl)C(=O)CSCc1ccc(Cl)cc1Cl. The highest BCUT2D eigenvalue weighted by atomic mass is 35.5. The van der Waals surface area contributed by atoms with Crippen LogP contribution in [0.5, 0.6) is 0 Å². The molecule has 1 saturated carbocycles. The third-order valence-corrected chi connectivity index (χ3v) is 7.84. The molecule has 3 rings (SSSR count). The molecule has 0 heterocycles. The molecular formula is C25H29Cl3N2O2S. The second-order valence-corrected chi connectivity index (χ2v) is 10.6. The fraction of sp³-hybridized carbons (Fsp3) is 0.440. The number of thioether (sulfide) groups is 1. The van der Waals surface area contributed by atoms with E-state index in [1.54, 1.807) is 30.0 Å². The van der Waals surface area contributed by atoms with Gasteiger partial charge in [-0.05, 0) is 49.1 Å². The summed E-state index contributed by atoms with van der Waals surface area (Å²) in [4.78, 5) is 27.9. The number of hydrogen-bond acceptors (Lipinski definition) is 3. The summed E-state index contributed by atoms with van der Waals surface area (Å²) in [5.41, 5.74) is 1.73. The first-order chi connectivity index (χ1) is 15.8. The zero-order valence-electron chi connectivity index (χ0n) is 18.7. The van der Waals surface area contributed by atoms with Crippen molar-refractivity contribution in [1.29, 1.82) is 0 Å². The molecule has 33 heavy (non-hydrogen) atoms. The van der Waals surface area contributed by atoms with Crippen molar-refractivity contribution < 1.29 is 9.59 Å². The van der Waals surface area contributed by atoms with Crippen LogP contribution in [-0.2, 0) is 21.9 Å². The third-order valence-electron chi connectivity index (χ3n) is 5.92. The lowest BCUT2D eigenvalue weighted by molar-refractivity contribution is -0.139. The molecule has 0 radical (unpaired) electrons. The highest BCUT2D eigenvalue weighted by Gasteiger charge is 2.28. The first-order valence-corrected chi connectivity index (χ1v) is 13.5. The number of carbonyl (C=O) groups excluding carboxylic acids is 2. The second-order valence-electron chi connectivity index (χ2n) is 8.36. The lowest BCUT2D eigenvalue weighted by Crippen LogP contribution is -2.50. The van der Waals surface area contributed by atoms with Gasteiger partial charge in [0.25, 0.3) is 0 Å². The average molecular weight is 528 g/mol. The van der Waals surface area contributed by atoms with Crippen LogP contribution in [0.4, 0.5) is 0 Å². The van der Waals surface area contributed by atoms with Crippen molar-refractivity contribution in [3.05, 3.63) is 68.7 Å². The van der Waals surface area contributed by atoms with Crippen LogP contribution < -0.4 is 5.32 Å². The van der Waals surface area contributed by atoms with E-state index in [-0.39, 0.29) is 30.2 Å². The van der Waals surface area contributed by atoms with E-state index in [0.717, 1.165) is 36.8 Å².